The van der Waals surface area contributed by atoms with Crippen LogP contribution in [0.4, 0.5) is 10.1 Å². The molecule has 0 fully saturated rings. The van der Waals surface area contributed by atoms with Crippen molar-refractivity contribution in [1.29, 1.82) is 0 Å². The number of nitrogens with zero attached hydrogens (tertiary/aromatic N) is 1. The molecule has 0 amide bonds. The molecule has 0 spiro atoms. The van der Waals surface area contributed by atoms with E-state index in [1.165, 1.54) is 31.2 Å². The van der Waals surface area contributed by atoms with Crippen LogP contribution in [0.5, 0.6) is 0 Å². The highest BCUT2D eigenvalue weighted by atomic mass is 32.2. The summed E-state index contributed by atoms with van der Waals surface area (Å²) in [4.78, 5) is 10.5. The number of carboxylic acids is 1. The van der Waals surface area contributed by atoms with Gasteiger partial charge < -0.3 is 5.11 Å². The summed E-state index contributed by atoms with van der Waals surface area (Å²) in [6.07, 6.45) is -0.0346. The van der Waals surface area contributed by atoms with Crippen LogP contribution in [0.3, 0.4) is 0 Å². The first-order chi connectivity index (χ1) is 8.88. The molecule has 106 valence electrons. The molecule has 0 atom stereocenters. The first-order valence-electron chi connectivity index (χ1n) is 5.85. The maximum Gasteiger partial charge on any atom is 0.303 e. The van der Waals surface area contributed by atoms with Crippen LogP contribution in [0.2, 0.25) is 0 Å². The van der Waals surface area contributed by atoms with E-state index in [0.717, 1.165) is 4.31 Å². The Kier molecular flexibility index (Phi) is 5.29. The molecular formula is C12H16FNO4S. The van der Waals surface area contributed by atoms with Crippen LogP contribution in [0.25, 0.3) is 0 Å². The van der Waals surface area contributed by atoms with Crippen LogP contribution in [0.15, 0.2) is 24.3 Å². The molecule has 1 aromatic carbocycles. The van der Waals surface area contributed by atoms with Crippen molar-refractivity contribution in [1.82, 2.24) is 0 Å². The van der Waals surface area contributed by atoms with Crippen molar-refractivity contribution in [2.75, 3.05) is 16.6 Å². The zero-order chi connectivity index (χ0) is 14.5. The van der Waals surface area contributed by atoms with Gasteiger partial charge in [0.2, 0.25) is 10.0 Å². The molecule has 0 unspecified atom stereocenters. The second-order valence-corrected chi connectivity index (χ2v) is 6.10. The largest absolute Gasteiger partial charge is 0.481 e. The molecule has 0 aliphatic carbocycles. The lowest BCUT2D eigenvalue weighted by molar-refractivity contribution is -0.137. The minimum absolute atomic E-state index is 0.0465. The van der Waals surface area contributed by atoms with E-state index in [-0.39, 0.29) is 30.8 Å². The van der Waals surface area contributed by atoms with Gasteiger partial charge in [-0.3, -0.25) is 9.10 Å². The number of rotatable bonds is 7. The Morgan fingerprint density at radius 3 is 2.53 bits per heavy atom. The molecule has 0 aliphatic rings. The summed E-state index contributed by atoms with van der Waals surface area (Å²) < 4.78 is 38.5. The normalized spacial score (nSPS) is 11.3. The predicted molar refractivity (Wildman–Crippen MR) is 70.1 cm³/mol. The quantitative estimate of drug-likeness (QED) is 0.831. The molecule has 19 heavy (non-hydrogen) atoms. The zero-order valence-corrected chi connectivity index (χ0v) is 11.4. The van der Waals surface area contributed by atoms with Gasteiger partial charge in [0.05, 0.1) is 11.4 Å². The maximum atomic E-state index is 13.7. The lowest BCUT2D eigenvalue weighted by Crippen LogP contribution is -2.34. The van der Waals surface area contributed by atoms with E-state index in [0.29, 0.717) is 0 Å². The Hall–Kier alpha value is -1.63. The fraction of sp³-hybridized carbons (Fsp3) is 0.417. The third kappa shape index (κ3) is 4.20. The van der Waals surface area contributed by atoms with E-state index in [1.54, 1.807) is 0 Å². The molecule has 7 heteroatoms. The summed E-state index contributed by atoms with van der Waals surface area (Å²) in [5.41, 5.74) is -0.0465. The summed E-state index contributed by atoms with van der Waals surface area (Å²) in [5, 5.41) is 8.57. The average molecular weight is 289 g/mol. The van der Waals surface area contributed by atoms with Crippen LogP contribution >= 0.6 is 0 Å². The van der Waals surface area contributed by atoms with Crippen LogP contribution < -0.4 is 4.31 Å². The van der Waals surface area contributed by atoms with Gasteiger partial charge in [0.15, 0.2) is 0 Å². The molecule has 0 aromatic heterocycles. The van der Waals surface area contributed by atoms with Crippen LogP contribution in [0.1, 0.15) is 19.8 Å². The number of sulfonamides is 1. The Bertz CT molecular complexity index is 544. The molecule has 0 aliphatic heterocycles. The van der Waals surface area contributed by atoms with Gasteiger partial charge in [0, 0.05) is 13.0 Å². The van der Waals surface area contributed by atoms with Crippen LogP contribution in [-0.2, 0) is 14.8 Å². The number of para-hydroxylation sites is 1. The second-order valence-electron chi connectivity index (χ2n) is 3.92. The van der Waals surface area contributed by atoms with Gasteiger partial charge in [-0.15, -0.1) is 0 Å². The lowest BCUT2D eigenvalue weighted by Gasteiger charge is -2.23. The first kappa shape index (κ1) is 15.4. The van der Waals surface area contributed by atoms with Crippen molar-refractivity contribution >= 4 is 21.7 Å². The second kappa shape index (κ2) is 6.51. The number of aliphatic carboxylic acids is 1. The first-order valence-corrected chi connectivity index (χ1v) is 7.46. The van der Waals surface area contributed by atoms with Gasteiger partial charge in [-0.05, 0) is 25.5 Å². The molecule has 0 radical (unpaired) electrons. The van der Waals surface area contributed by atoms with Crippen molar-refractivity contribution in [3.63, 3.8) is 0 Å². The minimum atomic E-state index is -3.63. The van der Waals surface area contributed by atoms with Gasteiger partial charge in [-0.1, -0.05) is 12.1 Å². The monoisotopic (exact) mass is 289 g/mol. The molecule has 0 heterocycles. The number of carbonyl (C=O) groups is 1. The standard InChI is InChI=1S/C12H16FNO4S/c1-2-19(17,18)14(9-5-8-12(15)16)11-7-4-3-6-10(11)13/h3-4,6-7H,2,5,8-9H2,1H3,(H,15,16). The summed E-state index contributed by atoms with van der Waals surface area (Å²) >= 11 is 0. The predicted octanol–water partition coefficient (Wildman–Crippen LogP) is 1.85. The number of benzene rings is 1. The summed E-state index contributed by atoms with van der Waals surface area (Å²) in [6.45, 7) is 1.41. The van der Waals surface area contributed by atoms with E-state index in [9.17, 15) is 17.6 Å². The molecular weight excluding hydrogens is 273 g/mol. The molecule has 1 rings (SSSR count). The highest BCUT2D eigenvalue weighted by Gasteiger charge is 2.22. The van der Waals surface area contributed by atoms with E-state index in [2.05, 4.69) is 0 Å². The minimum Gasteiger partial charge on any atom is -0.481 e. The summed E-state index contributed by atoms with van der Waals surface area (Å²) in [7, 11) is -3.63. The van der Waals surface area contributed by atoms with Crippen molar-refractivity contribution in [2.24, 2.45) is 0 Å². The van der Waals surface area contributed by atoms with Gasteiger partial charge in [-0.25, -0.2) is 12.8 Å². The van der Waals surface area contributed by atoms with E-state index in [1.807, 2.05) is 0 Å². The van der Waals surface area contributed by atoms with E-state index in [4.69, 9.17) is 5.11 Å². The highest BCUT2D eigenvalue weighted by molar-refractivity contribution is 7.92. The number of halogens is 1. The number of hydrogen-bond acceptors (Lipinski definition) is 3. The van der Waals surface area contributed by atoms with Crippen molar-refractivity contribution in [3.05, 3.63) is 30.1 Å². The zero-order valence-electron chi connectivity index (χ0n) is 10.5. The van der Waals surface area contributed by atoms with Gasteiger partial charge in [0.1, 0.15) is 5.82 Å². The van der Waals surface area contributed by atoms with Crippen LogP contribution in [-0.4, -0.2) is 31.8 Å². The van der Waals surface area contributed by atoms with Crippen LogP contribution in [0, 0.1) is 5.82 Å². The molecule has 1 aromatic rings. The molecule has 5 nitrogen and oxygen atoms in total. The van der Waals surface area contributed by atoms with E-state index < -0.39 is 21.8 Å². The Labute approximate surface area is 111 Å². The fourth-order valence-electron chi connectivity index (χ4n) is 1.59. The summed E-state index contributed by atoms with van der Waals surface area (Å²) in [5.74, 6) is -1.83. The van der Waals surface area contributed by atoms with Crippen molar-refractivity contribution in [2.45, 2.75) is 19.8 Å². The Morgan fingerprint density at radius 2 is 2.00 bits per heavy atom. The maximum absolute atomic E-state index is 13.7. The third-order valence-corrected chi connectivity index (χ3v) is 4.35. The highest BCUT2D eigenvalue weighted by Crippen LogP contribution is 2.22. The van der Waals surface area contributed by atoms with Gasteiger partial charge in [-0.2, -0.15) is 0 Å². The number of anilines is 1. The van der Waals surface area contributed by atoms with E-state index >= 15 is 0 Å². The Morgan fingerprint density at radius 1 is 1.37 bits per heavy atom. The molecule has 0 saturated carbocycles. The SMILES string of the molecule is CCS(=O)(=O)N(CCCC(=O)O)c1ccccc1F. The average Bonchev–Trinajstić information content (AvgIpc) is 2.35. The molecule has 1 N–H and O–H groups in total. The smallest absolute Gasteiger partial charge is 0.303 e. The molecule has 0 bridgehead atoms. The Balaban J connectivity index is 3.00. The number of carboxylic acid groups (broad SMARTS) is 1. The van der Waals surface area contributed by atoms with Gasteiger partial charge in [0.25, 0.3) is 0 Å². The fourth-order valence-corrected chi connectivity index (χ4v) is 2.76. The molecule has 0 saturated heterocycles. The van der Waals surface area contributed by atoms with Gasteiger partial charge >= 0.3 is 5.97 Å². The topological polar surface area (TPSA) is 74.7 Å². The third-order valence-electron chi connectivity index (χ3n) is 2.57. The number of hydrogen-bond donors (Lipinski definition) is 1. The lowest BCUT2D eigenvalue weighted by atomic mass is 10.2. The van der Waals surface area contributed by atoms with Crippen molar-refractivity contribution < 1.29 is 22.7 Å². The summed E-state index contributed by atoms with van der Waals surface area (Å²) in [6, 6.07) is 5.54. The van der Waals surface area contributed by atoms with Crippen molar-refractivity contribution in [3.8, 4) is 0 Å².